The second-order valence-corrected chi connectivity index (χ2v) is 5.26. The molecule has 0 aromatic carbocycles. The van der Waals surface area contributed by atoms with E-state index in [0.29, 0.717) is 6.04 Å². The van der Waals surface area contributed by atoms with Gasteiger partial charge in [0, 0.05) is 25.9 Å². The minimum Gasteiger partial charge on any atom is -0.379 e. The minimum absolute atomic E-state index is 0.419. The lowest BCUT2D eigenvalue weighted by atomic mass is 10.1. The molecule has 1 aromatic heterocycles. The van der Waals surface area contributed by atoms with Crippen molar-refractivity contribution >= 4 is 0 Å². The molecule has 0 radical (unpaired) electrons. The van der Waals surface area contributed by atoms with Gasteiger partial charge in [-0.25, -0.2) is 4.98 Å². The van der Waals surface area contributed by atoms with Crippen molar-refractivity contribution in [2.45, 2.75) is 38.3 Å². The lowest BCUT2D eigenvalue weighted by Gasteiger charge is -2.26. The van der Waals surface area contributed by atoms with Gasteiger partial charge in [0.15, 0.2) is 0 Å². The molecule has 0 saturated heterocycles. The van der Waals surface area contributed by atoms with Gasteiger partial charge < -0.3 is 14.6 Å². The largest absolute Gasteiger partial charge is 0.379 e. The third-order valence-corrected chi connectivity index (χ3v) is 3.96. The van der Waals surface area contributed by atoms with Crippen LogP contribution in [0.4, 0.5) is 0 Å². The number of hydrogen-bond acceptors (Lipinski definition) is 3. The fourth-order valence-electron chi connectivity index (χ4n) is 2.95. The van der Waals surface area contributed by atoms with Crippen LogP contribution in [0.2, 0.25) is 0 Å². The lowest BCUT2D eigenvalue weighted by molar-refractivity contribution is 0.0714. The smallest absolute Gasteiger partial charge is 0.0952 e. The zero-order valence-corrected chi connectivity index (χ0v) is 10.3. The maximum absolute atomic E-state index is 5.89. The Labute approximate surface area is 102 Å². The summed E-state index contributed by atoms with van der Waals surface area (Å²) in [5, 5.41) is 3.41. The molecule has 1 unspecified atom stereocenters. The third-order valence-electron chi connectivity index (χ3n) is 3.96. The van der Waals surface area contributed by atoms with Crippen molar-refractivity contribution in [1.29, 1.82) is 0 Å². The van der Waals surface area contributed by atoms with Crippen molar-refractivity contribution in [3.8, 4) is 0 Å². The van der Waals surface area contributed by atoms with E-state index in [4.69, 9.17) is 4.74 Å². The number of hydrogen-bond donors (Lipinski definition) is 1. The highest BCUT2D eigenvalue weighted by molar-refractivity contribution is 5.03. The molecule has 17 heavy (non-hydrogen) atoms. The first-order valence-electron chi connectivity index (χ1n) is 6.72. The predicted molar refractivity (Wildman–Crippen MR) is 65.7 cm³/mol. The van der Waals surface area contributed by atoms with Gasteiger partial charge in [-0.05, 0) is 18.8 Å². The van der Waals surface area contributed by atoms with E-state index in [-0.39, 0.29) is 0 Å². The Balaban J connectivity index is 1.49. The van der Waals surface area contributed by atoms with Crippen LogP contribution in [0.5, 0.6) is 0 Å². The Kier molecular flexibility index (Phi) is 3.43. The number of imidazole rings is 1. The highest BCUT2D eigenvalue weighted by Gasteiger charge is 2.20. The van der Waals surface area contributed by atoms with Gasteiger partial charge in [-0.3, -0.25) is 0 Å². The molecule has 1 fully saturated rings. The maximum atomic E-state index is 5.89. The summed E-state index contributed by atoms with van der Waals surface area (Å²) in [7, 11) is 0. The first-order valence-corrected chi connectivity index (χ1v) is 6.72. The van der Waals surface area contributed by atoms with Crippen LogP contribution >= 0.6 is 0 Å². The van der Waals surface area contributed by atoms with E-state index in [1.165, 1.54) is 31.4 Å². The number of nitrogens with one attached hydrogen (secondary N) is 1. The predicted octanol–water partition coefficient (Wildman–Crippen LogP) is 1.73. The summed E-state index contributed by atoms with van der Waals surface area (Å²) in [5.41, 5.74) is 1.27. The fourth-order valence-corrected chi connectivity index (χ4v) is 2.95. The summed E-state index contributed by atoms with van der Waals surface area (Å²) in [6, 6.07) is 0.419. The topological polar surface area (TPSA) is 39.1 Å². The van der Waals surface area contributed by atoms with E-state index in [0.717, 1.165) is 32.2 Å². The van der Waals surface area contributed by atoms with E-state index < -0.39 is 0 Å². The molecule has 4 heteroatoms. The van der Waals surface area contributed by atoms with Gasteiger partial charge in [-0.2, -0.15) is 0 Å². The van der Waals surface area contributed by atoms with E-state index >= 15 is 0 Å². The van der Waals surface area contributed by atoms with E-state index in [1.807, 2.05) is 12.5 Å². The van der Waals surface area contributed by atoms with Crippen LogP contribution in [0.15, 0.2) is 12.5 Å². The van der Waals surface area contributed by atoms with Gasteiger partial charge in [-0.15, -0.1) is 0 Å². The zero-order valence-electron chi connectivity index (χ0n) is 10.3. The van der Waals surface area contributed by atoms with Gasteiger partial charge in [0.05, 0.1) is 24.7 Å². The van der Waals surface area contributed by atoms with Crippen LogP contribution in [0, 0.1) is 5.92 Å². The fraction of sp³-hybridized carbons (Fsp3) is 0.769. The van der Waals surface area contributed by atoms with E-state index in [1.54, 1.807) is 0 Å². The average molecular weight is 235 g/mol. The van der Waals surface area contributed by atoms with Crippen molar-refractivity contribution in [2.75, 3.05) is 19.8 Å². The van der Waals surface area contributed by atoms with Crippen LogP contribution in [0.3, 0.4) is 0 Å². The first-order chi connectivity index (χ1) is 8.43. The molecule has 1 saturated carbocycles. The molecule has 0 bridgehead atoms. The molecule has 1 aliphatic heterocycles. The van der Waals surface area contributed by atoms with Crippen LogP contribution in [-0.4, -0.2) is 29.3 Å². The molecule has 3 rings (SSSR count). The summed E-state index contributed by atoms with van der Waals surface area (Å²) in [6.45, 7) is 3.68. The lowest BCUT2D eigenvalue weighted by Crippen LogP contribution is -2.35. The van der Waals surface area contributed by atoms with Crippen molar-refractivity contribution in [2.24, 2.45) is 5.92 Å². The number of aromatic nitrogens is 2. The molecule has 2 aliphatic rings. The summed E-state index contributed by atoms with van der Waals surface area (Å²) >= 11 is 0. The van der Waals surface area contributed by atoms with E-state index in [2.05, 4.69) is 14.9 Å². The van der Waals surface area contributed by atoms with Gasteiger partial charge in [-0.1, -0.05) is 12.8 Å². The van der Waals surface area contributed by atoms with Gasteiger partial charge in [0.2, 0.25) is 0 Å². The summed E-state index contributed by atoms with van der Waals surface area (Å²) in [4.78, 5) is 4.21. The van der Waals surface area contributed by atoms with Crippen molar-refractivity contribution in [3.63, 3.8) is 0 Å². The number of ether oxygens (including phenoxy) is 1. The van der Waals surface area contributed by atoms with Crippen LogP contribution in [-0.2, 0) is 11.3 Å². The Morgan fingerprint density at radius 2 is 2.24 bits per heavy atom. The molecule has 0 amide bonds. The second-order valence-electron chi connectivity index (χ2n) is 5.26. The van der Waals surface area contributed by atoms with Crippen LogP contribution in [0.25, 0.3) is 0 Å². The first kappa shape index (κ1) is 11.2. The Morgan fingerprint density at radius 1 is 1.35 bits per heavy atom. The van der Waals surface area contributed by atoms with Crippen molar-refractivity contribution in [3.05, 3.63) is 18.2 Å². The SMILES string of the molecule is c1ncn2c1CNCC2COCC1CCCC1. The highest BCUT2D eigenvalue weighted by atomic mass is 16.5. The van der Waals surface area contributed by atoms with Crippen LogP contribution < -0.4 is 5.32 Å². The average Bonchev–Trinajstić information content (AvgIpc) is 2.99. The molecule has 1 aromatic rings. The van der Waals surface area contributed by atoms with Gasteiger partial charge in [0.25, 0.3) is 0 Å². The molecular formula is C13H21N3O. The number of nitrogens with zero attached hydrogens (tertiary/aromatic N) is 2. The summed E-state index contributed by atoms with van der Waals surface area (Å²) in [6.07, 6.45) is 9.38. The maximum Gasteiger partial charge on any atom is 0.0952 e. The molecule has 2 heterocycles. The Hall–Kier alpha value is -0.870. The standard InChI is InChI=1S/C13H21N3O/c1-2-4-11(3-1)8-17-9-13-7-14-5-12-6-15-10-16(12)13/h6,10-11,13-14H,1-5,7-9H2. The zero-order chi connectivity index (χ0) is 11.5. The van der Waals surface area contributed by atoms with Crippen molar-refractivity contribution in [1.82, 2.24) is 14.9 Å². The number of fused-ring (bicyclic) bond motifs is 1. The highest BCUT2D eigenvalue weighted by Crippen LogP contribution is 2.25. The van der Waals surface area contributed by atoms with Crippen LogP contribution in [0.1, 0.15) is 37.4 Å². The van der Waals surface area contributed by atoms with E-state index in [9.17, 15) is 0 Å². The molecule has 1 aliphatic carbocycles. The minimum atomic E-state index is 0.419. The molecule has 1 atom stereocenters. The summed E-state index contributed by atoms with van der Waals surface area (Å²) < 4.78 is 8.15. The van der Waals surface area contributed by atoms with Gasteiger partial charge >= 0.3 is 0 Å². The normalized spacial score (nSPS) is 25.1. The Bertz CT molecular complexity index is 357. The van der Waals surface area contributed by atoms with Gasteiger partial charge in [0.1, 0.15) is 0 Å². The molecular weight excluding hydrogens is 214 g/mol. The van der Waals surface area contributed by atoms with Crippen molar-refractivity contribution < 1.29 is 4.74 Å². The molecule has 94 valence electrons. The molecule has 4 nitrogen and oxygen atoms in total. The molecule has 1 N–H and O–H groups in total. The second kappa shape index (κ2) is 5.19. The quantitative estimate of drug-likeness (QED) is 0.864. The number of rotatable bonds is 4. The molecule has 0 spiro atoms. The third kappa shape index (κ3) is 2.53. The monoisotopic (exact) mass is 235 g/mol. The summed E-state index contributed by atoms with van der Waals surface area (Å²) in [5.74, 6) is 0.814. The Morgan fingerprint density at radius 3 is 3.12 bits per heavy atom.